The van der Waals surface area contributed by atoms with Gasteiger partial charge in [0.1, 0.15) is 0 Å². The van der Waals surface area contributed by atoms with Crippen molar-refractivity contribution in [2.24, 2.45) is 0 Å². The van der Waals surface area contributed by atoms with Crippen molar-refractivity contribution in [3.8, 4) is 0 Å². The zero-order valence-electron chi connectivity index (χ0n) is 24.5. The summed E-state index contributed by atoms with van der Waals surface area (Å²) < 4.78 is 0. The van der Waals surface area contributed by atoms with Crippen LogP contribution in [0.15, 0.2) is 109 Å². The zero-order chi connectivity index (χ0) is 28.2. The molecule has 40 heavy (non-hydrogen) atoms. The van der Waals surface area contributed by atoms with E-state index < -0.39 is 0 Å². The van der Waals surface area contributed by atoms with Crippen molar-refractivity contribution in [2.75, 3.05) is 0 Å². The topological polar surface area (TPSA) is 0 Å². The van der Waals surface area contributed by atoms with Gasteiger partial charge in [-0.15, -0.1) is 0 Å². The summed E-state index contributed by atoms with van der Waals surface area (Å²) in [5.74, 6) is 0. The minimum Gasteiger partial charge on any atom is -0.0587 e. The van der Waals surface area contributed by atoms with Gasteiger partial charge in [0.2, 0.25) is 0 Å². The van der Waals surface area contributed by atoms with Gasteiger partial charge in [0.15, 0.2) is 0 Å². The van der Waals surface area contributed by atoms with Crippen LogP contribution in [-0.2, 0) is 0 Å². The Morgan fingerprint density at radius 2 is 0.575 bits per heavy atom. The van der Waals surface area contributed by atoms with Crippen LogP contribution in [0.3, 0.4) is 0 Å². The molecule has 198 valence electrons. The first-order valence-electron chi connectivity index (χ1n) is 14.1. The average molecular weight is 519 g/mol. The number of hydrogen-bond acceptors (Lipinski definition) is 0. The van der Waals surface area contributed by atoms with Crippen molar-refractivity contribution < 1.29 is 0 Å². The van der Waals surface area contributed by atoms with E-state index in [9.17, 15) is 0 Å². The van der Waals surface area contributed by atoms with Crippen molar-refractivity contribution in [3.63, 3.8) is 0 Å². The highest BCUT2D eigenvalue weighted by Gasteiger charge is 2.11. The molecule has 0 aliphatic heterocycles. The average Bonchev–Trinajstić information content (AvgIpc) is 2.95. The minimum atomic E-state index is 1.23. The normalized spacial score (nSPS) is 10.8. The first-order valence-corrected chi connectivity index (χ1v) is 14.1. The number of benzene rings is 5. The Kier molecular flexibility index (Phi) is 7.99. The van der Waals surface area contributed by atoms with Crippen LogP contribution < -0.4 is 0 Å². The van der Waals surface area contributed by atoms with Gasteiger partial charge in [-0.1, -0.05) is 131 Å². The Bertz CT molecular complexity index is 1450. The molecule has 0 bridgehead atoms. The van der Waals surface area contributed by atoms with Crippen molar-refractivity contribution >= 4 is 23.3 Å². The van der Waals surface area contributed by atoms with Crippen LogP contribution in [0.25, 0.3) is 23.3 Å². The lowest BCUT2D eigenvalue weighted by molar-refractivity contribution is 1.35. The Labute approximate surface area is 240 Å². The summed E-state index contributed by atoms with van der Waals surface area (Å²) in [5, 5.41) is 0. The zero-order valence-corrected chi connectivity index (χ0v) is 24.5. The van der Waals surface area contributed by atoms with Gasteiger partial charge >= 0.3 is 0 Å². The summed E-state index contributed by atoms with van der Waals surface area (Å²) in [6.45, 7) is 13.0. The van der Waals surface area contributed by atoms with E-state index in [1.54, 1.807) is 0 Å². The van der Waals surface area contributed by atoms with Crippen molar-refractivity contribution in [2.45, 2.75) is 41.5 Å². The molecule has 0 nitrogen and oxygen atoms in total. The fourth-order valence-electron chi connectivity index (χ4n) is 5.08. The molecular weight excluding hydrogens is 480 g/mol. The molecule has 0 N–H and O–H groups in total. The molecule has 0 heteroatoms. The maximum absolute atomic E-state index is 2.35. The van der Waals surface area contributed by atoms with E-state index in [2.05, 4.69) is 163 Å². The molecule has 0 fully saturated rings. The highest BCUT2D eigenvalue weighted by molar-refractivity contribution is 5.94. The fourth-order valence-corrected chi connectivity index (χ4v) is 5.08. The monoisotopic (exact) mass is 518 g/mol. The molecule has 0 aliphatic rings. The lowest BCUT2D eigenvalue weighted by Crippen LogP contribution is -1.94. The van der Waals surface area contributed by atoms with Gasteiger partial charge in [-0.05, 0) is 109 Å². The van der Waals surface area contributed by atoms with Crippen molar-refractivity contribution in [1.29, 1.82) is 0 Å². The summed E-state index contributed by atoms with van der Waals surface area (Å²) in [5.41, 5.74) is 17.5. The molecule has 5 aromatic rings. The van der Waals surface area contributed by atoms with Crippen LogP contribution in [-0.4, -0.2) is 0 Å². The third-order valence-electron chi connectivity index (χ3n) is 7.70. The van der Waals surface area contributed by atoms with Gasteiger partial charge in [-0.2, -0.15) is 0 Å². The van der Waals surface area contributed by atoms with Crippen molar-refractivity contribution in [3.05, 3.63) is 176 Å². The molecule has 0 aromatic heterocycles. The van der Waals surface area contributed by atoms with Gasteiger partial charge in [0.25, 0.3) is 0 Å². The van der Waals surface area contributed by atoms with E-state index in [4.69, 9.17) is 0 Å². The van der Waals surface area contributed by atoms with Crippen LogP contribution in [0.2, 0.25) is 0 Å². The largest absolute Gasteiger partial charge is 0.0587 e. The van der Waals surface area contributed by atoms with Gasteiger partial charge in [0, 0.05) is 0 Å². The number of rotatable bonds is 6. The lowest BCUT2D eigenvalue weighted by atomic mass is 9.90. The number of aryl methyl sites for hydroxylation is 6. The maximum Gasteiger partial charge on any atom is -0.0105 e. The second kappa shape index (κ2) is 11.8. The fraction of sp³-hybridized carbons (Fsp3) is 0.150. The Morgan fingerprint density at radius 3 is 0.800 bits per heavy atom. The highest BCUT2D eigenvalue weighted by Crippen LogP contribution is 2.32. The summed E-state index contributed by atoms with van der Waals surface area (Å²) in [7, 11) is 0. The van der Waals surface area contributed by atoms with E-state index >= 15 is 0 Å². The first kappa shape index (κ1) is 27.2. The van der Waals surface area contributed by atoms with Crippen LogP contribution in [0, 0.1) is 41.5 Å². The summed E-state index contributed by atoms with van der Waals surface area (Å²) >= 11 is 0. The Morgan fingerprint density at radius 1 is 0.350 bits per heavy atom. The second-order valence-corrected chi connectivity index (χ2v) is 11.1. The van der Waals surface area contributed by atoms with E-state index in [1.807, 2.05) is 0 Å². The lowest BCUT2D eigenvalue weighted by Gasteiger charge is -2.14. The third kappa shape index (κ3) is 6.24. The molecule has 0 saturated carbocycles. The van der Waals surface area contributed by atoms with Gasteiger partial charge < -0.3 is 0 Å². The second-order valence-electron chi connectivity index (χ2n) is 11.1. The summed E-state index contributed by atoms with van der Waals surface area (Å²) in [6, 6.07) is 40.1. The molecule has 0 atom stereocenters. The SMILES string of the molecule is Cc1ccc(C(=Cc2cc(C)c(C=C(c3ccc(C)cc3)c3ccc(C)cc3)cc2C)c2ccc(C)cc2)cc1. The van der Waals surface area contributed by atoms with E-state index in [0.717, 1.165) is 0 Å². The third-order valence-corrected chi connectivity index (χ3v) is 7.70. The standard InChI is InChI=1S/C40H38/c1-27-7-15-33(16-8-27)39(34-17-9-28(2)10-18-34)25-37-23-32(6)38(24-31(37)5)26-40(35-19-11-29(3)12-20-35)36-21-13-30(4)14-22-36/h7-26H,1-6H3. The molecule has 5 aromatic carbocycles. The molecule has 0 heterocycles. The van der Waals surface area contributed by atoms with Crippen molar-refractivity contribution in [1.82, 2.24) is 0 Å². The van der Waals surface area contributed by atoms with Crippen LogP contribution >= 0.6 is 0 Å². The van der Waals surface area contributed by atoms with Crippen LogP contribution in [0.4, 0.5) is 0 Å². The van der Waals surface area contributed by atoms with Gasteiger partial charge in [-0.3, -0.25) is 0 Å². The first-order chi connectivity index (χ1) is 19.3. The van der Waals surface area contributed by atoms with Crippen LogP contribution in [0.5, 0.6) is 0 Å². The highest BCUT2D eigenvalue weighted by atomic mass is 14.2. The molecule has 0 saturated heterocycles. The Balaban J connectivity index is 1.62. The maximum atomic E-state index is 2.35. The quantitative estimate of drug-likeness (QED) is 0.196. The summed E-state index contributed by atoms with van der Waals surface area (Å²) in [6.07, 6.45) is 4.71. The number of hydrogen-bond donors (Lipinski definition) is 0. The Hall–Kier alpha value is -4.42. The van der Waals surface area contributed by atoms with E-state index in [-0.39, 0.29) is 0 Å². The van der Waals surface area contributed by atoms with Gasteiger partial charge in [-0.25, -0.2) is 0 Å². The molecule has 0 unspecified atom stereocenters. The molecule has 0 amide bonds. The van der Waals surface area contributed by atoms with E-state index in [1.165, 1.54) is 77.9 Å². The van der Waals surface area contributed by atoms with E-state index in [0.29, 0.717) is 0 Å². The molecule has 0 aliphatic carbocycles. The predicted octanol–water partition coefficient (Wildman–Crippen LogP) is 10.7. The van der Waals surface area contributed by atoms with Crippen LogP contribution in [0.1, 0.15) is 66.8 Å². The minimum absolute atomic E-state index is 1.23. The summed E-state index contributed by atoms with van der Waals surface area (Å²) in [4.78, 5) is 0. The molecule has 0 radical (unpaired) electrons. The van der Waals surface area contributed by atoms with Gasteiger partial charge in [0.05, 0.1) is 0 Å². The molecule has 0 spiro atoms. The molecule has 5 rings (SSSR count). The smallest absolute Gasteiger partial charge is 0.0105 e. The molecular formula is C40H38. The predicted molar refractivity (Wildman–Crippen MR) is 175 cm³/mol.